The number of benzene rings is 1. The van der Waals surface area contributed by atoms with Crippen LogP contribution in [0.25, 0.3) is 34.2 Å². The van der Waals surface area contributed by atoms with Crippen molar-refractivity contribution < 1.29 is 14.3 Å². The third-order valence-electron chi connectivity index (χ3n) is 6.44. The fourth-order valence-corrected chi connectivity index (χ4v) is 4.61. The molecule has 1 aliphatic heterocycles. The number of hydrogen-bond donors (Lipinski definition) is 1. The highest BCUT2D eigenvalue weighted by atomic mass is 16.5. The summed E-state index contributed by atoms with van der Waals surface area (Å²) in [7, 11) is 3.59. The van der Waals surface area contributed by atoms with Crippen LogP contribution in [0.15, 0.2) is 24.4 Å². The third-order valence-corrected chi connectivity index (χ3v) is 6.44. The van der Waals surface area contributed by atoms with Crippen LogP contribution in [0.1, 0.15) is 51.1 Å². The highest BCUT2D eigenvalue weighted by molar-refractivity contribution is 5.93. The van der Waals surface area contributed by atoms with Crippen LogP contribution in [0.2, 0.25) is 0 Å². The Morgan fingerprint density at radius 2 is 2.05 bits per heavy atom. The number of nitrogens with zero attached hydrogens (tertiary/aromatic N) is 6. The molecule has 0 aliphatic carbocycles. The minimum Gasteiger partial charge on any atom is -0.473 e. The molecule has 0 spiro atoms. The zero-order chi connectivity index (χ0) is 26.3. The molecule has 0 saturated heterocycles. The molecular weight excluding hydrogens is 470 g/mol. The largest absolute Gasteiger partial charge is 0.473 e. The van der Waals surface area contributed by atoms with Gasteiger partial charge in [0.1, 0.15) is 0 Å². The molecule has 4 heterocycles. The molecule has 3 aromatic heterocycles. The number of aromatic nitrogens is 6. The van der Waals surface area contributed by atoms with Crippen LogP contribution in [0.3, 0.4) is 0 Å². The molecule has 1 aliphatic rings. The van der Waals surface area contributed by atoms with Crippen LogP contribution in [-0.4, -0.2) is 59.8 Å². The molecule has 1 unspecified atom stereocenters. The molecule has 37 heavy (non-hydrogen) atoms. The molecule has 1 atom stereocenters. The van der Waals surface area contributed by atoms with E-state index in [1.807, 2.05) is 49.9 Å². The van der Waals surface area contributed by atoms with Gasteiger partial charge >= 0.3 is 0 Å². The quantitative estimate of drug-likeness (QED) is 0.446. The van der Waals surface area contributed by atoms with Gasteiger partial charge in [-0.2, -0.15) is 10.2 Å². The van der Waals surface area contributed by atoms with Gasteiger partial charge in [-0.1, -0.05) is 13.0 Å². The van der Waals surface area contributed by atoms with Gasteiger partial charge in [0.15, 0.2) is 6.10 Å². The standard InChI is InChI=1S/C27H33N7O3/c1-7-12-34-24-15-32(5)26(35)17(4)37-27-21(14-28-33(27)6)18-8-10-22-20(13-18)23(30-29-22)11-9-19(24)25(31-34)36-16(2)3/h8-11,13-14,16-17H,7,12,15H2,1-6H3,(H,29,30)/b11-9+. The summed E-state index contributed by atoms with van der Waals surface area (Å²) in [5, 5.41) is 17.8. The van der Waals surface area contributed by atoms with Crippen molar-refractivity contribution in [1.82, 2.24) is 34.7 Å². The fraction of sp³-hybridized carbons (Fsp3) is 0.407. The Kier molecular flexibility index (Phi) is 6.49. The van der Waals surface area contributed by atoms with Crippen molar-refractivity contribution in [2.75, 3.05) is 7.05 Å². The molecule has 194 valence electrons. The summed E-state index contributed by atoms with van der Waals surface area (Å²) < 4.78 is 15.9. The van der Waals surface area contributed by atoms with Crippen molar-refractivity contribution in [1.29, 1.82) is 0 Å². The topological polar surface area (TPSA) is 103 Å². The molecule has 5 rings (SSSR count). The Bertz CT molecular complexity index is 1480. The molecule has 10 heteroatoms. The second-order valence-corrected chi connectivity index (χ2v) is 9.70. The van der Waals surface area contributed by atoms with Crippen LogP contribution in [0, 0.1) is 0 Å². The summed E-state index contributed by atoms with van der Waals surface area (Å²) in [4.78, 5) is 15.1. The lowest BCUT2D eigenvalue weighted by Crippen LogP contribution is -2.38. The fourth-order valence-electron chi connectivity index (χ4n) is 4.61. The highest BCUT2D eigenvalue weighted by Crippen LogP contribution is 2.34. The average molecular weight is 504 g/mol. The van der Waals surface area contributed by atoms with Gasteiger partial charge in [0.2, 0.25) is 11.8 Å². The molecule has 4 aromatic rings. The Hall–Kier alpha value is -4.08. The summed E-state index contributed by atoms with van der Waals surface area (Å²) in [5.74, 6) is 0.943. The minimum absolute atomic E-state index is 0.0467. The van der Waals surface area contributed by atoms with Gasteiger partial charge in [-0.25, -0.2) is 4.68 Å². The Balaban J connectivity index is 1.72. The van der Waals surface area contributed by atoms with Gasteiger partial charge in [0.05, 0.1) is 46.9 Å². The van der Waals surface area contributed by atoms with E-state index in [2.05, 4.69) is 28.3 Å². The van der Waals surface area contributed by atoms with Gasteiger partial charge in [-0.15, -0.1) is 5.10 Å². The van der Waals surface area contributed by atoms with Crippen molar-refractivity contribution in [2.24, 2.45) is 7.05 Å². The maximum atomic E-state index is 13.4. The van der Waals surface area contributed by atoms with E-state index in [1.165, 1.54) is 0 Å². The first kappa shape index (κ1) is 24.6. The van der Waals surface area contributed by atoms with Gasteiger partial charge in [-0.05, 0) is 57.0 Å². The molecule has 2 bridgehead atoms. The molecule has 1 N–H and O–H groups in total. The van der Waals surface area contributed by atoms with Crippen molar-refractivity contribution in [3.05, 3.63) is 41.3 Å². The van der Waals surface area contributed by atoms with E-state index in [1.54, 1.807) is 29.7 Å². The first-order valence-corrected chi connectivity index (χ1v) is 12.6. The number of carbonyl (C=O) groups excluding carboxylic acids is 1. The first-order chi connectivity index (χ1) is 17.8. The predicted molar refractivity (Wildman–Crippen MR) is 142 cm³/mol. The molecule has 1 amide bonds. The lowest BCUT2D eigenvalue weighted by molar-refractivity contribution is -0.137. The van der Waals surface area contributed by atoms with E-state index in [4.69, 9.17) is 14.6 Å². The molecule has 0 radical (unpaired) electrons. The second-order valence-electron chi connectivity index (χ2n) is 9.70. The number of hydrogen-bond acceptors (Lipinski definition) is 6. The second kappa shape index (κ2) is 9.76. The Labute approximate surface area is 215 Å². The molecule has 0 saturated carbocycles. The van der Waals surface area contributed by atoms with Crippen LogP contribution < -0.4 is 9.47 Å². The number of H-pyrrole nitrogens is 1. The van der Waals surface area contributed by atoms with Crippen molar-refractivity contribution >= 4 is 29.0 Å². The van der Waals surface area contributed by atoms with Crippen molar-refractivity contribution in [3.63, 3.8) is 0 Å². The summed E-state index contributed by atoms with van der Waals surface area (Å²) in [5.41, 5.74) is 5.19. The molecule has 0 fully saturated rings. The normalized spacial score (nSPS) is 16.9. The number of aryl methyl sites for hydroxylation is 2. The summed E-state index contributed by atoms with van der Waals surface area (Å²) in [6, 6.07) is 6.01. The first-order valence-electron chi connectivity index (χ1n) is 12.6. The molecule has 1 aromatic carbocycles. The SMILES string of the molecule is CCCn1nc(OC(C)C)c2c1CN(C)C(=O)C(C)Oc1c(cnn1C)-c1ccc3n[nH]c(c3c1)/C=C/2. The van der Waals surface area contributed by atoms with Crippen molar-refractivity contribution in [3.8, 4) is 22.9 Å². The van der Waals surface area contributed by atoms with Crippen LogP contribution in [0.4, 0.5) is 0 Å². The number of likely N-dealkylation sites (N-methyl/N-ethyl adjacent to an activating group) is 1. The smallest absolute Gasteiger partial charge is 0.263 e. The monoisotopic (exact) mass is 503 g/mol. The van der Waals surface area contributed by atoms with Gasteiger partial charge in [0, 0.05) is 26.0 Å². The van der Waals surface area contributed by atoms with Crippen LogP contribution >= 0.6 is 0 Å². The van der Waals surface area contributed by atoms with E-state index in [-0.39, 0.29) is 12.0 Å². The lowest BCUT2D eigenvalue weighted by Gasteiger charge is -2.23. The number of nitrogens with one attached hydrogen (secondary N) is 1. The van der Waals surface area contributed by atoms with E-state index < -0.39 is 6.10 Å². The highest BCUT2D eigenvalue weighted by Gasteiger charge is 2.26. The average Bonchev–Trinajstić information content (AvgIpc) is 3.52. The summed E-state index contributed by atoms with van der Waals surface area (Å²) >= 11 is 0. The number of carbonyl (C=O) groups is 1. The Morgan fingerprint density at radius 3 is 2.81 bits per heavy atom. The maximum absolute atomic E-state index is 13.4. The zero-order valence-electron chi connectivity index (χ0n) is 22.1. The number of aromatic amines is 1. The number of amides is 1. The molecule has 10 nitrogen and oxygen atoms in total. The van der Waals surface area contributed by atoms with E-state index >= 15 is 0 Å². The van der Waals surface area contributed by atoms with Crippen LogP contribution in [-0.2, 0) is 24.9 Å². The van der Waals surface area contributed by atoms with E-state index in [9.17, 15) is 4.79 Å². The number of fused-ring (bicyclic) bond motifs is 4. The molecular formula is C27H33N7O3. The van der Waals surface area contributed by atoms with Gasteiger partial charge in [-0.3, -0.25) is 14.6 Å². The van der Waals surface area contributed by atoms with Gasteiger partial charge < -0.3 is 14.4 Å². The minimum atomic E-state index is -0.717. The Morgan fingerprint density at radius 1 is 1.24 bits per heavy atom. The van der Waals surface area contributed by atoms with Crippen LogP contribution in [0.5, 0.6) is 11.8 Å². The summed E-state index contributed by atoms with van der Waals surface area (Å²) in [6.45, 7) is 8.89. The van der Waals surface area contributed by atoms with E-state index in [0.29, 0.717) is 24.8 Å². The third kappa shape index (κ3) is 4.59. The predicted octanol–water partition coefficient (Wildman–Crippen LogP) is 4.27. The maximum Gasteiger partial charge on any atom is 0.263 e. The number of ether oxygens (including phenoxy) is 2. The zero-order valence-corrected chi connectivity index (χ0v) is 22.1. The summed E-state index contributed by atoms with van der Waals surface area (Å²) in [6.07, 6.45) is 5.89. The number of rotatable bonds is 4. The van der Waals surface area contributed by atoms with Gasteiger partial charge in [0.25, 0.3) is 5.91 Å². The van der Waals surface area contributed by atoms with E-state index in [0.717, 1.165) is 45.4 Å². The lowest BCUT2D eigenvalue weighted by atomic mass is 10.1. The van der Waals surface area contributed by atoms with Crippen molar-refractivity contribution in [2.45, 2.75) is 59.4 Å².